The van der Waals surface area contributed by atoms with Crippen molar-refractivity contribution < 1.29 is 4.90 Å². The van der Waals surface area contributed by atoms with Crippen LogP contribution in [-0.4, -0.2) is 33.3 Å². The lowest BCUT2D eigenvalue weighted by atomic mass is 9.93. The van der Waals surface area contributed by atoms with Gasteiger partial charge in [-0.2, -0.15) is 0 Å². The van der Waals surface area contributed by atoms with E-state index < -0.39 is 0 Å². The van der Waals surface area contributed by atoms with Crippen molar-refractivity contribution in [2.45, 2.75) is 70.9 Å². The molecule has 1 aromatic carbocycles. The maximum Gasteiger partial charge on any atom is 0.214 e. The number of likely N-dealkylation sites (tertiary alicyclic amines) is 1. The summed E-state index contributed by atoms with van der Waals surface area (Å²) in [6.45, 7) is 6.94. The summed E-state index contributed by atoms with van der Waals surface area (Å²) in [5, 5.41) is 13.1. The van der Waals surface area contributed by atoms with Crippen molar-refractivity contribution >= 4 is 0 Å². The Bertz CT molecular complexity index is 693. The summed E-state index contributed by atoms with van der Waals surface area (Å²) in [4.78, 5) is 1.62. The molecule has 5 nitrogen and oxygen atoms in total. The number of aromatic nitrogens is 4. The molecule has 4 rings (SSSR count). The number of nitrogens with one attached hydrogen (secondary N) is 1. The van der Waals surface area contributed by atoms with Crippen molar-refractivity contribution in [3.63, 3.8) is 0 Å². The Kier molecular flexibility index (Phi) is 5.34. The number of benzene rings is 1. The summed E-state index contributed by atoms with van der Waals surface area (Å²) in [6.07, 6.45) is 8.96. The number of hydrogen-bond acceptors (Lipinski definition) is 3. The third kappa shape index (κ3) is 3.68. The minimum atomic E-state index is 0.250. The molecule has 2 fully saturated rings. The van der Waals surface area contributed by atoms with Crippen molar-refractivity contribution in [3.05, 3.63) is 41.2 Å². The number of nitrogens with zero attached hydrogens (tertiary/aromatic N) is 4. The van der Waals surface area contributed by atoms with Crippen LogP contribution in [0.3, 0.4) is 0 Å². The number of piperidine rings is 1. The lowest BCUT2D eigenvalue weighted by molar-refractivity contribution is -0.932. The molecule has 1 aromatic heterocycles. The van der Waals surface area contributed by atoms with Crippen LogP contribution in [-0.2, 0) is 0 Å². The third-order valence-electron chi connectivity index (χ3n) is 6.43. The van der Waals surface area contributed by atoms with Gasteiger partial charge in [-0.3, -0.25) is 0 Å². The summed E-state index contributed by atoms with van der Waals surface area (Å²) < 4.78 is 2.18. The van der Waals surface area contributed by atoms with E-state index in [0.717, 1.165) is 11.7 Å². The van der Waals surface area contributed by atoms with Gasteiger partial charge in [0.15, 0.2) is 6.04 Å². The SMILES string of the molecule is Cc1ccc([C@H](c2nnnn2C2CCCCC2)[NH+]2CCC(C)CC2)cc1. The summed E-state index contributed by atoms with van der Waals surface area (Å²) >= 11 is 0. The molecule has 140 valence electrons. The molecule has 2 aliphatic rings. The Balaban J connectivity index is 1.69. The first-order chi connectivity index (χ1) is 12.7. The van der Waals surface area contributed by atoms with E-state index in [4.69, 9.17) is 0 Å². The van der Waals surface area contributed by atoms with E-state index in [9.17, 15) is 0 Å². The fourth-order valence-corrected chi connectivity index (χ4v) is 4.72. The van der Waals surface area contributed by atoms with Gasteiger partial charge in [0, 0.05) is 5.56 Å². The Morgan fingerprint density at radius 2 is 1.69 bits per heavy atom. The zero-order valence-corrected chi connectivity index (χ0v) is 16.2. The van der Waals surface area contributed by atoms with E-state index in [1.54, 1.807) is 4.90 Å². The molecule has 1 aliphatic heterocycles. The van der Waals surface area contributed by atoms with Crippen molar-refractivity contribution in [2.24, 2.45) is 5.92 Å². The summed E-state index contributed by atoms with van der Waals surface area (Å²) in [5.41, 5.74) is 2.66. The predicted octanol–water partition coefficient (Wildman–Crippen LogP) is 2.89. The molecule has 0 amide bonds. The van der Waals surface area contributed by atoms with Crippen molar-refractivity contribution in [3.8, 4) is 0 Å². The van der Waals surface area contributed by atoms with Gasteiger partial charge in [-0.25, -0.2) is 4.68 Å². The molecule has 2 heterocycles. The number of quaternary nitrogens is 1. The van der Waals surface area contributed by atoms with Crippen LogP contribution in [0, 0.1) is 12.8 Å². The van der Waals surface area contributed by atoms with Crippen LogP contribution >= 0.6 is 0 Å². The second kappa shape index (κ2) is 7.87. The fourth-order valence-electron chi connectivity index (χ4n) is 4.72. The van der Waals surface area contributed by atoms with Gasteiger partial charge in [0.05, 0.1) is 19.1 Å². The summed E-state index contributed by atoms with van der Waals surface area (Å²) in [6, 6.07) is 9.74. The van der Waals surface area contributed by atoms with Crippen LogP contribution in [0.4, 0.5) is 0 Å². The molecule has 0 spiro atoms. The smallest absolute Gasteiger partial charge is 0.214 e. The van der Waals surface area contributed by atoms with Crippen LogP contribution in [0.5, 0.6) is 0 Å². The molecular formula is C21H32N5+. The first-order valence-electron chi connectivity index (χ1n) is 10.4. The fraction of sp³-hybridized carbons (Fsp3) is 0.667. The Morgan fingerprint density at radius 3 is 2.38 bits per heavy atom. The highest BCUT2D eigenvalue weighted by molar-refractivity contribution is 5.26. The topological polar surface area (TPSA) is 48.0 Å². The van der Waals surface area contributed by atoms with Gasteiger partial charge in [0.25, 0.3) is 0 Å². The number of aryl methyl sites for hydroxylation is 1. The minimum absolute atomic E-state index is 0.250. The van der Waals surface area contributed by atoms with E-state index in [1.165, 1.54) is 69.2 Å². The molecule has 26 heavy (non-hydrogen) atoms. The average Bonchev–Trinajstić information content (AvgIpc) is 3.15. The summed E-state index contributed by atoms with van der Waals surface area (Å²) in [5.74, 6) is 1.91. The highest BCUT2D eigenvalue weighted by atomic mass is 15.6. The molecule has 1 atom stereocenters. The minimum Gasteiger partial charge on any atom is -0.322 e. The van der Waals surface area contributed by atoms with Gasteiger partial charge in [-0.15, -0.1) is 5.10 Å². The highest BCUT2D eigenvalue weighted by Crippen LogP contribution is 2.30. The quantitative estimate of drug-likeness (QED) is 0.918. The standard InChI is InChI=1S/C21H31N5/c1-16-8-10-18(11-9-16)20(25-14-12-17(2)13-15-25)21-22-23-24-26(21)19-6-4-3-5-7-19/h8-11,17,19-20H,3-7,12-15H2,1-2H3/p+1/t20-/m1/s1. The van der Waals surface area contributed by atoms with Crippen LogP contribution in [0.15, 0.2) is 24.3 Å². The van der Waals surface area contributed by atoms with Crippen LogP contribution in [0.2, 0.25) is 0 Å². The second-order valence-corrected chi connectivity index (χ2v) is 8.46. The van der Waals surface area contributed by atoms with Gasteiger partial charge in [-0.05, 0) is 49.0 Å². The first kappa shape index (κ1) is 17.7. The molecule has 1 saturated heterocycles. The molecule has 5 heteroatoms. The van der Waals surface area contributed by atoms with Gasteiger partial charge >= 0.3 is 0 Å². The monoisotopic (exact) mass is 354 g/mol. The van der Waals surface area contributed by atoms with E-state index in [-0.39, 0.29) is 6.04 Å². The molecule has 0 bridgehead atoms. The molecule has 1 saturated carbocycles. The maximum atomic E-state index is 4.57. The normalized spacial score (nSPS) is 25.9. The molecule has 2 aromatic rings. The van der Waals surface area contributed by atoms with Crippen molar-refractivity contribution in [2.75, 3.05) is 13.1 Å². The molecular weight excluding hydrogens is 322 g/mol. The number of hydrogen-bond donors (Lipinski definition) is 1. The van der Waals surface area contributed by atoms with E-state index >= 15 is 0 Å². The van der Waals surface area contributed by atoms with Crippen LogP contribution < -0.4 is 4.90 Å². The average molecular weight is 355 g/mol. The van der Waals surface area contributed by atoms with Gasteiger partial charge in [-0.1, -0.05) is 56.0 Å². The van der Waals surface area contributed by atoms with Crippen molar-refractivity contribution in [1.82, 2.24) is 20.2 Å². The molecule has 1 aliphatic carbocycles. The second-order valence-electron chi connectivity index (χ2n) is 8.46. The van der Waals surface area contributed by atoms with Crippen molar-refractivity contribution in [1.29, 1.82) is 0 Å². The zero-order valence-electron chi connectivity index (χ0n) is 16.2. The highest BCUT2D eigenvalue weighted by Gasteiger charge is 2.35. The Morgan fingerprint density at radius 1 is 1.00 bits per heavy atom. The third-order valence-corrected chi connectivity index (χ3v) is 6.43. The van der Waals surface area contributed by atoms with E-state index in [1.807, 2.05) is 0 Å². The largest absolute Gasteiger partial charge is 0.322 e. The molecule has 1 N–H and O–H groups in total. The lowest BCUT2D eigenvalue weighted by Crippen LogP contribution is -3.13. The Labute approximate surface area is 156 Å². The van der Waals surface area contributed by atoms with E-state index in [2.05, 4.69) is 58.3 Å². The molecule has 0 unspecified atom stereocenters. The maximum absolute atomic E-state index is 4.57. The number of tetrazole rings is 1. The van der Waals surface area contributed by atoms with Gasteiger partial charge in [0.1, 0.15) is 0 Å². The molecule has 0 radical (unpaired) electrons. The van der Waals surface area contributed by atoms with Crippen LogP contribution in [0.1, 0.15) is 80.9 Å². The predicted molar refractivity (Wildman–Crippen MR) is 102 cm³/mol. The summed E-state index contributed by atoms with van der Waals surface area (Å²) in [7, 11) is 0. The first-order valence-corrected chi connectivity index (χ1v) is 10.4. The lowest BCUT2D eigenvalue weighted by Gasteiger charge is -2.34. The van der Waals surface area contributed by atoms with Gasteiger partial charge < -0.3 is 4.90 Å². The van der Waals surface area contributed by atoms with E-state index in [0.29, 0.717) is 6.04 Å². The zero-order chi connectivity index (χ0) is 17.9. The van der Waals surface area contributed by atoms with Gasteiger partial charge in [0.2, 0.25) is 5.82 Å². The Hall–Kier alpha value is -1.75. The van der Waals surface area contributed by atoms with Crippen LogP contribution in [0.25, 0.3) is 0 Å². The number of rotatable bonds is 4.